The Morgan fingerprint density at radius 1 is 1.25 bits per heavy atom. The first-order valence-electron chi connectivity index (χ1n) is 7.68. The predicted molar refractivity (Wildman–Crippen MR) is 90.5 cm³/mol. The zero-order valence-electron chi connectivity index (χ0n) is 13.2. The summed E-state index contributed by atoms with van der Waals surface area (Å²) >= 11 is 1.51. The number of aromatic nitrogens is 4. The van der Waals surface area contributed by atoms with Crippen molar-refractivity contribution < 1.29 is 10.4 Å². The third-order valence-corrected chi connectivity index (χ3v) is 5.28. The highest BCUT2D eigenvalue weighted by atomic mass is 32.2. The summed E-state index contributed by atoms with van der Waals surface area (Å²) in [5.41, 5.74) is 2.98. The summed E-state index contributed by atoms with van der Waals surface area (Å²) in [4.78, 5) is 0. The first kappa shape index (κ1) is 16.4. The van der Waals surface area contributed by atoms with Gasteiger partial charge in [-0.1, -0.05) is 40.6 Å². The molecule has 1 saturated carbocycles. The number of thioether (sulfide) groups is 1. The van der Waals surface area contributed by atoms with Crippen molar-refractivity contribution in [3.8, 4) is 5.69 Å². The molecule has 1 fully saturated rings. The van der Waals surface area contributed by atoms with E-state index in [4.69, 9.17) is 10.4 Å². The van der Waals surface area contributed by atoms with Gasteiger partial charge in [-0.05, 0) is 54.3 Å². The Bertz CT molecular complexity index is 756. The van der Waals surface area contributed by atoms with Crippen LogP contribution < -0.4 is 0 Å². The van der Waals surface area contributed by atoms with Crippen molar-refractivity contribution in [1.82, 2.24) is 20.2 Å². The van der Waals surface area contributed by atoms with Crippen LogP contribution in [0.2, 0.25) is 0 Å². The first-order chi connectivity index (χ1) is 11.7. The molecule has 24 heavy (non-hydrogen) atoms. The summed E-state index contributed by atoms with van der Waals surface area (Å²) in [5, 5.41) is 37.3. The molecule has 1 aliphatic rings. The molecule has 0 saturated heterocycles. The Hall–Kier alpha value is -2.42. The maximum atomic E-state index is 9.17. The molecule has 1 aliphatic carbocycles. The summed E-state index contributed by atoms with van der Waals surface area (Å²) in [7, 11) is 0. The largest absolute Gasteiger partial charge is 0.411 e. The quantitative estimate of drug-likeness (QED) is 0.500. The molecule has 1 heterocycles. The highest BCUT2D eigenvalue weighted by molar-refractivity contribution is 8.00. The number of rotatable bonds is 4. The molecular weight excluding hydrogens is 328 g/mol. The van der Waals surface area contributed by atoms with E-state index in [1.165, 1.54) is 11.8 Å². The van der Waals surface area contributed by atoms with Gasteiger partial charge < -0.3 is 10.4 Å². The molecule has 1 aromatic heterocycles. The average Bonchev–Trinajstić information content (AvgIpc) is 3.10. The van der Waals surface area contributed by atoms with Gasteiger partial charge in [-0.2, -0.15) is 4.68 Å². The Morgan fingerprint density at radius 3 is 2.75 bits per heavy atom. The van der Waals surface area contributed by atoms with Crippen LogP contribution in [0.1, 0.15) is 38.2 Å². The van der Waals surface area contributed by atoms with Crippen molar-refractivity contribution in [3.05, 3.63) is 29.8 Å². The topological polar surface area (TPSA) is 109 Å². The number of nitrogens with zero attached hydrogens (tertiary/aromatic N) is 6. The molecule has 0 amide bonds. The van der Waals surface area contributed by atoms with Crippen LogP contribution in [0, 0.1) is 0 Å². The maximum absolute atomic E-state index is 9.17. The van der Waals surface area contributed by atoms with Crippen molar-refractivity contribution in [3.63, 3.8) is 0 Å². The van der Waals surface area contributed by atoms with E-state index >= 15 is 0 Å². The fourth-order valence-corrected chi connectivity index (χ4v) is 3.81. The molecule has 0 radical (unpaired) electrons. The summed E-state index contributed by atoms with van der Waals surface area (Å²) in [5.74, 6) is 0. The minimum absolute atomic E-state index is 0.0940. The Kier molecular flexibility index (Phi) is 5.09. The predicted octanol–water partition coefficient (Wildman–Crippen LogP) is 2.73. The molecule has 0 aliphatic heterocycles. The van der Waals surface area contributed by atoms with Crippen LogP contribution in [0.25, 0.3) is 5.69 Å². The SMILES string of the molecule is C/C(=N\O)c1ccc(-n2nnnc2SC2CCCC/C2=N/O)cc1. The lowest BCUT2D eigenvalue weighted by Crippen LogP contribution is -2.22. The van der Waals surface area contributed by atoms with Gasteiger partial charge in [-0.3, -0.25) is 0 Å². The first-order valence-corrected chi connectivity index (χ1v) is 8.56. The summed E-state index contributed by atoms with van der Waals surface area (Å²) in [6.07, 6.45) is 3.91. The zero-order chi connectivity index (χ0) is 16.9. The molecule has 3 rings (SSSR count). The van der Waals surface area contributed by atoms with E-state index < -0.39 is 0 Å². The highest BCUT2D eigenvalue weighted by Gasteiger charge is 2.25. The smallest absolute Gasteiger partial charge is 0.214 e. The Morgan fingerprint density at radius 2 is 2.04 bits per heavy atom. The third-order valence-electron chi connectivity index (χ3n) is 4.02. The van der Waals surface area contributed by atoms with E-state index in [1.807, 2.05) is 24.3 Å². The van der Waals surface area contributed by atoms with E-state index in [0.29, 0.717) is 10.9 Å². The van der Waals surface area contributed by atoms with Crippen molar-refractivity contribution in [2.75, 3.05) is 0 Å². The van der Waals surface area contributed by atoms with Crippen LogP contribution in [0.15, 0.2) is 39.7 Å². The number of hydrogen-bond acceptors (Lipinski definition) is 8. The van der Waals surface area contributed by atoms with Gasteiger partial charge in [0.15, 0.2) is 0 Å². The van der Waals surface area contributed by atoms with E-state index in [-0.39, 0.29) is 5.25 Å². The minimum atomic E-state index is 0.0940. The number of oxime groups is 2. The molecule has 9 heteroatoms. The van der Waals surface area contributed by atoms with Gasteiger partial charge in [0.2, 0.25) is 5.16 Å². The monoisotopic (exact) mass is 346 g/mol. The lowest BCUT2D eigenvalue weighted by molar-refractivity contribution is 0.314. The fourth-order valence-electron chi connectivity index (χ4n) is 2.65. The maximum Gasteiger partial charge on any atom is 0.214 e. The van der Waals surface area contributed by atoms with Gasteiger partial charge in [0.25, 0.3) is 0 Å². The molecule has 2 aromatic rings. The van der Waals surface area contributed by atoms with Crippen molar-refractivity contribution in [1.29, 1.82) is 0 Å². The fraction of sp³-hybridized carbons (Fsp3) is 0.400. The van der Waals surface area contributed by atoms with Crippen LogP contribution in [0.3, 0.4) is 0 Å². The van der Waals surface area contributed by atoms with E-state index in [9.17, 15) is 0 Å². The normalized spacial score (nSPS) is 20.5. The lowest BCUT2D eigenvalue weighted by Gasteiger charge is -2.21. The van der Waals surface area contributed by atoms with Gasteiger partial charge >= 0.3 is 0 Å². The summed E-state index contributed by atoms with van der Waals surface area (Å²) < 4.78 is 1.66. The number of hydrogen-bond donors (Lipinski definition) is 2. The Labute approximate surface area is 143 Å². The average molecular weight is 346 g/mol. The molecule has 8 nitrogen and oxygen atoms in total. The summed E-state index contributed by atoms with van der Waals surface area (Å²) in [6, 6.07) is 7.43. The Balaban J connectivity index is 1.82. The van der Waals surface area contributed by atoms with Crippen LogP contribution in [-0.4, -0.2) is 47.3 Å². The molecule has 0 bridgehead atoms. The van der Waals surface area contributed by atoms with Crippen LogP contribution in [0.5, 0.6) is 0 Å². The van der Waals surface area contributed by atoms with Crippen molar-refractivity contribution in [2.45, 2.75) is 43.0 Å². The molecular formula is C15H18N6O2S. The lowest BCUT2D eigenvalue weighted by atomic mass is 9.98. The molecule has 2 N–H and O–H groups in total. The van der Waals surface area contributed by atoms with Gasteiger partial charge in [-0.25, -0.2) is 0 Å². The van der Waals surface area contributed by atoms with Gasteiger partial charge in [0.05, 0.1) is 22.4 Å². The second kappa shape index (κ2) is 7.43. The van der Waals surface area contributed by atoms with Gasteiger partial charge in [0, 0.05) is 0 Å². The van der Waals surface area contributed by atoms with Crippen LogP contribution in [-0.2, 0) is 0 Å². The van der Waals surface area contributed by atoms with E-state index in [1.54, 1.807) is 11.6 Å². The van der Waals surface area contributed by atoms with Crippen LogP contribution in [0.4, 0.5) is 0 Å². The second-order valence-corrected chi connectivity index (χ2v) is 6.72. The third kappa shape index (κ3) is 3.40. The standard InChI is InChI=1S/C15H18N6O2S/c1-10(17-22)11-6-8-12(9-7-11)21-15(16-19-20-21)24-14-5-3-2-4-13(14)18-23/h6-9,14,22-23H,2-5H2,1H3/b17-10+,18-13-. The summed E-state index contributed by atoms with van der Waals surface area (Å²) in [6.45, 7) is 1.73. The molecule has 0 spiro atoms. The number of benzene rings is 1. The molecule has 1 unspecified atom stereocenters. The van der Waals surface area contributed by atoms with Gasteiger partial charge in [-0.15, -0.1) is 5.10 Å². The second-order valence-electron chi connectivity index (χ2n) is 5.55. The van der Waals surface area contributed by atoms with Crippen molar-refractivity contribution in [2.24, 2.45) is 10.3 Å². The number of tetrazole rings is 1. The molecule has 1 aromatic carbocycles. The zero-order valence-corrected chi connectivity index (χ0v) is 14.0. The van der Waals surface area contributed by atoms with Crippen molar-refractivity contribution >= 4 is 23.2 Å². The van der Waals surface area contributed by atoms with E-state index in [2.05, 4.69) is 25.8 Å². The molecule has 1 atom stereocenters. The van der Waals surface area contributed by atoms with Gasteiger partial charge in [0.1, 0.15) is 0 Å². The molecule has 126 valence electrons. The minimum Gasteiger partial charge on any atom is -0.411 e. The van der Waals surface area contributed by atoms with E-state index in [0.717, 1.165) is 42.6 Å². The highest BCUT2D eigenvalue weighted by Crippen LogP contribution is 2.31. The van der Waals surface area contributed by atoms with Crippen LogP contribution >= 0.6 is 11.8 Å².